The average Bonchev–Trinajstić information content (AvgIpc) is 2.40. The summed E-state index contributed by atoms with van der Waals surface area (Å²) in [5.41, 5.74) is 6.06. The minimum absolute atomic E-state index is 0.0583. The van der Waals surface area contributed by atoms with Gasteiger partial charge in [-0.3, -0.25) is 4.79 Å². The van der Waals surface area contributed by atoms with Crippen molar-refractivity contribution in [2.24, 2.45) is 11.7 Å². The van der Waals surface area contributed by atoms with Crippen molar-refractivity contribution in [2.75, 3.05) is 19.6 Å². The summed E-state index contributed by atoms with van der Waals surface area (Å²) in [4.78, 5) is 14.7. The van der Waals surface area contributed by atoms with Crippen molar-refractivity contribution in [3.05, 3.63) is 0 Å². The van der Waals surface area contributed by atoms with Gasteiger partial charge in [0.25, 0.3) is 0 Å². The van der Waals surface area contributed by atoms with E-state index in [1.54, 1.807) is 0 Å². The Morgan fingerprint density at radius 3 is 2.50 bits per heavy atom. The van der Waals surface area contributed by atoms with Crippen LogP contribution in [0.3, 0.4) is 0 Å². The molecule has 3 N–H and O–H groups in total. The molecule has 2 atom stereocenters. The highest BCUT2D eigenvalue weighted by Crippen LogP contribution is 2.23. The van der Waals surface area contributed by atoms with E-state index in [9.17, 15) is 4.79 Å². The highest BCUT2D eigenvalue weighted by molar-refractivity contribution is 5.79. The van der Waals surface area contributed by atoms with Gasteiger partial charge >= 0.3 is 0 Å². The van der Waals surface area contributed by atoms with Crippen LogP contribution in [0.25, 0.3) is 0 Å². The highest BCUT2D eigenvalue weighted by atomic mass is 16.2. The van der Waals surface area contributed by atoms with E-state index in [0.717, 1.165) is 51.7 Å². The second-order valence-corrected chi connectivity index (χ2v) is 5.77. The Hall–Kier alpha value is -0.610. The first-order chi connectivity index (χ1) is 8.70. The first kappa shape index (κ1) is 13.8. The number of nitrogens with two attached hydrogens (primary N) is 1. The Morgan fingerprint density at radius 1 is 1.22 bits per heavy atom. The molecule has 1 saturated carbocycles. The van der Waals surface area contributed by atoms with Gasteiger partial charge in [0.15, 0.2) is 0 Å². The zero-order valence-electron chi connectivity index (χ0n) is 11.5. The number of piperidine rings is 1. The van der Waals surface area contributed by atoms with Gasteiger partial charge in [-0.05, 0) is 32.2 Å². The van der Waals surface area contributed by atoms with E-state index in [1.165, 1.54) is 6.42 Å². The number of nitrogens with zero attached hydrogens (tertiary/aromatic N) is 1. The molecule has 1 amide bonds. The zero-order valence-corrected chi connectivity index (χ0v) is 11.5. The maximum atomic E-state index is 12.2. The van der Waals surface area contributed by atoms with Gasteiger partial charge in [0.1, 0.15) is 0 Å². The molecule has 0 bridgehead atoms. The fourth-order valence-electron chi connectivity index (χ4n) is 3.19. The SMILES string of the molecule is CCN1CCC(NC(=O)C2CCCCC2N)CC1. The van der Waals surface area contributed by atoms with Crippen molar-refractivity contribution in [3.63, 3.8) is 0 Å². The van der Waals surface area contributed by atoms with Gasteiger partial charge in [0.2, 0.25) is 5.91 Å². The molecule has 2 unspecified atom stereocenters. The largest absolute Gasteiger partial charge is 0.353 e. The number of carbonyl (C=O) groups excluding carboxylic acids is 1. The van der Waals surface area contributed by atoms with Crippen molar-refractivity contribution < 1.29 is 4.79 Å². The van der Waals surface area contributed by atoms with E-state index >= 15 is 0 Å². The molecule has 2 fully saturated rings. The molecule has 0 spiro atoms. The predicted molar refractivity (Wildman–Crippen MR) is 73.2 cm³/mol. The van der Waals surface area contributed by atoms with Crippen molar-refractivity contribution in [2.45, 2.75) is 57.5 Å². The lowest BCUT2D eigenvalue weighted by Crippen LogP contribution is -2.50. The minimum Gasteiger partial charge on any atom is -0.353 e. The molecule has 1 saturated heterocycles. The lowest BCUT2D eigenvalue weighted by molar-refractivity contribution is -0.127. The summed E-state index contributed by atoms with van der Waals surface area (Å²) in [7, 11) is 0. The Balaban J connectivity index is 1.77. The van der Waals surface area contributed by atoms with E-state index in [-0.39, 0.29) is 17.9 Å². The number of nitrogens with one attached hydrogen (secondary N) is 1. The van der Waals surface area contributed by atoms with Crippen LogP contribution in [0.4, 0.5) is 0 Å². The summed E-state index contributed by atoms with van der Waals surface area (Å²) >= 11 is 0. The topological polar surface area (TPSA) is 58.4 Å². The summed E-state index contributed by atoms with van der Waals surface area (Å²) in [5.74, 6) is 0.264. The predicted octanol–water partition coefficient (Wildman–Crippen LogP) is 1.10. The molecule has 0 aromatic carbocycles. The van der Waals surface area contributed by atoms with E-state index < -0.39 is 0 Å². The lowest BCUT2D eigenvalue weighted by Gasteiger charge is -2.34. The van der Waals surface area contributed by atoms with E-state index in [4.69, 9.17) is 5.73 Å². The van der Waals surface area contributed by atoms with Crippen LogP contribution < -0.4 is 11.1 Å². The summed E-state index contributed by atoms with van der Waals surface area (Å²) in [5, 5.41) is 3.22. The summed E-state index contributed by atoms with van der Waals surface area (Å²) in [6.45, 7) is 5.53. The summed E-state index contributed by atoms with van der Waals surface area (Å²) in [6, 6.07) is 0.448. The third-order valence-electron chi connectivity index (χ3n) is 4.54. The molecular formula is C14H27N3O. The van der Waals surface area contributed by atoms with Gasteiger partial charge < -0.3 is 16.0 Å². The van der Waals surface area contributed by atoms with Crippen molar-refractivity contribution >= 4 is 5.91 Å². The molecule has 2 rings (SSSR count). The molecule has 2 aliphatic rings. The summed E-state index contributed by atoms with van der Waals surface area (Å²) < 4.78 is 0. The van der Waals surface area contributed by atoms with Crippen molar-refractivity contribution in [3.8, 4) is 0 Å². The molecule has 4 nitrogen and oxygen atoms in total. The molecule has 1 heterocycles. The summed E-state index contributed by atoms with van der Waals surface area (Å²) in [6.07, 6.45) is 6.48. The second kappa shape index (κ2) is 6.53. The van der Waals surface area contributed by atoms with E-state index in [1.807, 2.05) is 0 Å². The lowest BCUT2D eigenvalue weighted by atomic mass is 9.84. The monoisotopic (exact) mass is 253 g/mol. The number of hydrogen-bond donors (Lipinski definition) is 2. The van der Waals surface area contributed by atoms with Crippen LogP contribution in [0.2, 0.25) is 0 Å². The van der Waals surface area contributed by atoms with Crippen LogP contribution in [0.5, 0.6) is 0 Å². The number of likely N-dealkylation sites (tertiary alicyclic amines) is 1. The molecular weight excluding hydrogens is 226 g/mol. The first-order valence-electron chi connectivity index (χ1n) is 7.49. The van der Waals surface area contributed by atoms with Crippen LogP contribution in [0, 0.1) is 5.92 Å². The maximum Gasteiger partial charge on any atom is 0.224 e. The van der Waals surface area contributed by atoms with Gasteiger partial charge in [0, 0.05) is 25.2 Å². The van der Waals surface area contributed by atoms with Crippen LogP contribution in [-0.2, 0) is 4.79 Å². The zero-order chi connectivity index (χ0) is 13.0. The number of rotatable bonds is 3. The van der Waals surface area contributed by atoms with Crippen LogP contribution in [0.15, 0.2) is 0 Å². The van der Waals surface area contributed by atoms with Gasteiger partial charge in [0.05, 0.1) is 5.92 Å². The smallest absolute Gasteiger partial charge is 0.224 e. The quantitative estimate of drug-likeness (QED) is 0.792. The van der Waals surface area contributed by atoms with Gasteiger partial charge in [-0.1, -0.05) is 19.8 Å². The maximum absolute atomic E-state index is 12.2. The third-order valence-corrected chi connectivity index (χ3v) is 4.54. The average molecular weight is 253 g/mol. The molecule has 104 valence electrons. The third kappa shape index (κ3) is 3.45. The molecule has 18 heavy (non-hydrogen) atoms. The molecule has 4 heteroatoms. The second-order valence-electron chi connectivity index (χ2n) is 5.77. The molecule has 0 aromatic rings. The Kier molecular flexibility index (Phi) is 5.01. The molecule has 1 aliphatic heterocycles. The van der Waals surface area contributed by atoms with Crippen LogP contribution in [0.1, 0.15) is 45.4 Å². The number of carbonyl (C=O) groups is 1. The normalized spacial score (nSPS) is 31.2. The first-order valence-corrected chi connectivity index (χ1v) is 7.49. The molecule has 0 radical (unpaired) electrons. The molecule has 0 aromatic heterocycles. The van der Waals surface area contributed by atoms with Gasteiger partial charge in [-0.2, -0.15) is 0 Å². The van der Waals surface area contributed by atoms with E-state index in [0.29, 0.717) is 6.04 Å². The fraction of sp³-hybridized carbons (Fsp3) is 0.929. The van der Waals surface area contributed by atoms with Crippen molar-refractivity contribution in [1.82, 2.24) is 10.2 Å². The van der Waals surface area contributed by atoms with Crippen LogP contribution in [-0.4, -0.2) is 42.5 Å². The standard InChI is InChI=1S/C14H27N3O/c1-2-17-9-7-11(8-10-17)16-14(18)12-5-3-4-6-13(12)15/h11-13H,2-10,15H2,1H3,(H,16,18). The Bertz CT molecular complexity index is 274. The van der Waals surface area contributed by atoms with Crippen molar-refractivity contribution in [1.29, 1.82) is 0 Å². The fourth-order valence-corrected chi connectivity index (χ4v) is 3.19. The number of hydrogen-bond acceptors (Lipinski definition) is 3. The Morgan fingerprint density at radius 2 is 1.89 bits per heavy atom. The Labute approximate surface area is 110 Å². The number of amides is 1. The van der Waals surface area contributed by atoms with Gasteiger partial charge in [-0.25, -0.2) is 0 Å². The van der Waals surface area contributed by atoms with E-state index in [2.05, 4.69) is 17.1 Å². The van der Waals surface area contributed by atoms with Crippen LogP contribution >= 0.6 is 0 Å². The van der Waals surface area contributed by atoms with Gasteiger partial charge in [-0.15, -0.1) is 0 Å². The minimum atomic E-state index is 0.0583. The molecule has 1 aliphatic carbocycles. The highest BCUT2D eigenvalue weighted by Gasteiger charge is 2.30.